The van der Waals surface area contributed by atoms with E-state index in [1.165, 1.54) is 16.7 Å². The van der Waals surface area contributed by atoms with E-state index in [-0.39, 0.29) is 0 Å². The molecule has 4 rings (SSSR count). The first-order valence-electron chi connectivity index (χ1n) is 12.2. The van der Waals surface area contributed by atoms with Crippen molar-refractivity contribution in [3.8, 4) is 5.75 Å². The van der Waals surface area contributed by atoms with Crippen LogP contribution < -0.4 is 4.74 Å². The van der Waals surface area contributed by atoms with Crippen LogP contribution in [0.15, 0.2) is 84.9 Å². The summed E-state index contributed by atoms with van der Waals surface area (Å²) in [6.45, 7) is 8.86. The average Bonchev–Trinajstić information content (AvgIpc) is 2.87. The number of benzene rings is 3. The summed E-state index contributed by atoms with van der Waals surface area (Å²) in [5.74, 6) is 0.963. The van der Waals surface area contributed by atoms with Crippen LogP contribution in [0.5, 0.6) is 5.75 Å². The third-order valence-corrected chi connectivity index (χ3v) is 6.26. The SMILES string of the molecule is c1ccc(Cc2ccccc2COCCN2CCN(CCCOc3ccccc3)CC2)cc1. The zero-order chi connectivity index (χ0) is 22.6. The van der Waals surface area contributed by atoms with Crippen molar-refractivity contribution >= 4 is 0 Å². The minimum Gasteiger partial charge on any atom is -0.494 e. The van der Waals surface area contributed by atoms with E-state index in [2.05, 4.69) is 64.4 Å². The molecule has 0 radical (unpaired) electrons. The Hall–Kier alpha value is -2.66. The van der Waals surface area contributed by atoms with Gasteiger partial charge in [-0.05, 0) is 41.7 Å². The van der Waals surface area contributed by atoms with E-state index in [0.29, 0.717) is 6.61 Å². The quantitative estimate of drug-likeness (QED) is 0.372. The van der Waals surface area contributed by atoms with Crippen molar-refractivity contribution in [3.05, 3.63) is 102 Å². The summed E-state index contributed by atoms with van der Waals surface area (Å²) >= 11 is 0. The summed E-state index contributed by atoms with van der Waals surface area (Å²) < 4.78 is 11.9. The standard InChI is InChI=1S/C29H36N2O2/c1-3-10-26(11-4-1)24-27-12-7-8-13-28(27)25-32-23-21-31-19-17-30(18-20-31)16-9-22-33-29-14-5-2-6-15-29/h1-8,10-15H,9,16-25H2. The average molecular weight is 445 g/mol. The predicted octanol–water partition coefficient (Wildman–Crippen LogP) is 4.88. The summed E-state index contributed by atoms with van der Waals surface area (Å²) in [5.41, 5.74) is 3.99. The molecule has 1 aliphatic rings. The highest BCUT2D eigenvalue weighted by Gasteiger charge is 2.16. The zero-order valence-electron chi connectivity index (χ0n) is 19.6. The Morgan fingerprint density at radius 1 is 0.606 bits per heavy atom. The van der Waals surface area contributed by atoms with Gasteiger partial charge in [0, 0.05) is 39.3 Å². The fourth-order valence-corrected chi connectivity index (χ4v) is 4.29. The number of hydrogen-bond acceptors (Lipinski definition) is 4. The van der Waals surface area contributed by atoms with E-state index in [4.69, 9.17) is 9.47 Å². The third kappa shape index (κ3) is 8.01. The molecular formula is C29H36N2O2. The maximum Gasteiger partial charge on any atom is 0.119 e. The van der Waals surface area contributed by atoms with E-state index in [9.17, 15) is 0 Å². The molecule has 4 heteroatoms. The third-order valence-electron chi connectivity index (χ3n) is 6.26. The van der Waals surface area contributed by atoms with Gasteiger partial charge >= 0.3 is 0 Å². The number of para-hydroxylation sites is 1. The molecule has 0 aliphatic carbocycles. The van der Waals surface area contributed by atoms with E-state index in [0.717, 1.165) is 71.1 Å². The Labute approximate surface area is 198 Å². The highest BCUT2D eigenvalue weighted by molar-refractivity contribution is 5.32. The summed E-state index contributed by atoms with van der Waals surface area (Å²) in [5, 5.41) is 0. The maximum absolute atomic E-state index is 6.08. The van der Waals surface area contributed by atoms with Crippen LogP contribution in [0.25, 0.3) is 0 Å². The second-order valence-corrected chi connectivity index (χ2v) is 8.68. The molecule has 0 unspecified atom stereocenters. The Morgan fingerprint density at radius 3 is 1.94 bits per heavy atom. The molecule has 0 atom stereocenters. The molecule has 4 nitrogen and oxygen atoms in total. The minimum absolute atomic E-state index is 0.685. The fourth-order valence-electron chi connectivity index (χ4n) is 4.29. The van der Waals surface area contributed by atoms with E-state index < -0.39 is 0 Å². The topological polar surface area (TPSA) is 24.9 Å². The van der Waals surface area contributed by atoms with Crippen LogP contribution in [-0.2, 0) is 17.8 Å². The van der Waals surface area contributed by atoms with Gasteiger partial charge in [-0.2, -0.15) is 0 Å². The zero-order valence-corrected chi connectivity index (χ0v) is 19.6. The first-order chi connectivity index (χ1) is 16.4. The van der Waals surface area contributed by atoms with Crippen molar-refractivity contribution in [3.63, 3.8) is 0 Å². The van der Waals surface area contributed by atoms with Crippen LogP contribution in [-0.4, -0.2) is 62.3 Å². The van der Waals surface area contributed by atoms with Gasteiger partial charge in [0.25, 0.3) is 0 Å². The van der Waals surface area contributed by atoms with E-state index in [1.807, 2.05) is 30.3 Å². The van der Waals surface area contributed by atoms with E-state index in [1.54, 1.807) is 0 Å². The second kappa shape index (κ2) is 13.1. The highest BCUT2D eigenvalue weighted by atomic mass is 16.5. The first-order valence-corrected chi connectivity index (χ1v) is 12.2. The Kier molecular flexibility index (Phi) is 9.36. The van der Waals surface area contributed by atoms with Crippen LogP contribution in [0.2, 0.25) is 0 Å². The van der Waals surface area contributed by atoms with Crippen molar-refractivity contribution < 1.29 is 9.47 Å². The second-order valence-electron chi connectivity index (χ2n) is 8.68. The fraction of sp³-hybridized carbons (Fsp3) is 0.379. The molecule has 1 fully saturated rings. The van der Waals surface area contributed by atoms with Crippen molar-refractivity contribution in [2.45, 2.75) is 19.4 Å². The molecule has 33 heavy (non-hydrogen) atoms. The van der Waals surface area contributed by atoms with Crippen LogP contribution in [0.3, 0.4) is 0 Å². The van der Waals surface area contributed by atoms with Gasteiger partial charge in [-0.15, -0.1) is 0 Å². The number of ether oxygens (including phenoxy) is 2. The minimum atomic E-state index is 0.685. The predicted molar refractivity (Wildman–Crippen MR) is 135 cm³/mol. The van der Waals surface area contributed by atoms with Gasteiger partial charge < -0.3 is 14.4 Å². The molecule has 0 spiro atoms. The Balaban J connectivity index is 1.09. The number of hydrogen-bond donors (Lipinski definition) is 0. The molecule has 3 aromatic carbocycles. The molecular weight excluding hydrogens is 408 g/mol. The van der Waals surface area contributed by atoms with Crippen LogP contribution in [0.4, 0.5) is 0 Å². The molecule has 174 valence electrons. The highest BCUT2D eigenvalue weighted by Crippen LogP contribution is 2.15. The number of nitrogens with zero attached hydrogens (tertiary/aromatic N) is 2. The maximum atomic E-state index is 6.08. The lowest BCUT2D eigenvalue weighted by Crippen LogP contribution is -2.47. The van der Waals surface area contributed by atoms with Gasteiger partial charge in [0.05, 0.1) is 19.8 Å². The lowest BCUT2D eigenvalue weighted by atomic mass is 10.0. The molecule has 1 saturated heterocycles. The number of rotatable bonds is 12. The first kappa shape index (κ1) is 23.5. The van der Waals surface area contributed by atoms with E-state index >= 15 is 0 Å². The van der Waals surface area contributed by atoms with Crippen molar-refractivity contribution in [2.24, 2.45) is 0 Å². The molecule has 0 amide bonds. The van der Waals surface area contributed by atoms with Crippen LogP contribution in [0.1, 0.15) is 23.1 Å². The summed E-state index contributed by atoms with van der Waals surface area (Å²) in [6.07, 6.45) is 2.03. The molecule has 0 saturated carbocycles. The summed E-state index contributed by atoms with van der Waals surface area (Å²) in [7, 11) is 0. The lowest BCUT2D eigenvalue weighted by molar-refractivity contribution is 0.0670. The van der Waals surface area contributed by atoms with Gasteiger partial charge in [0.2, 0.25) is 0 Å². The van der Waals surface area contributed by atoms with Crippen molar-refractivity contribution in [1.82, 2.24) is 9.80 Å². The van der Waals surface area contributed by atoms with Crippen LogP contribution >= 0.6 is 0 Å². The van der Waals surface area contributed by atoms with Gasteiger partial charge in [-0.3, -0.25) is 4.90 Å². The summed E-state index contributed by atoms with van der Waals surface area (Å²) in [4.78, 5) is 5.07. The van der Waals surface area contributed by atoms with Gasteiger partial charge in [0.1, 0.15) is 5.75 Å². The van der Waals surface area contributed by atoms with Gasteiger partial charge in [0.15, 0.2) is 0 Å². The molecule has 0 bridgehead atoms. The Bertz CT molecular complexity index is 925. The largest absolute Gasteiger partial charge is 0.494 e. The molecule has 0 aromatic heterocycles. The monoisotopic (exact) mass is 444 g/mol. The lowest BCUT2D eigenvalue weighted by Gasteiger charge is -2.34. The molecule has 1 aliphatic heterocycles. The normalized spacial score (nSPS) is 14.9. The van der Waals surface area contributed by atoms with Gasteiger partial charge in [-0.1, -0.05) is 72.8 Å². The number of piperazine rings is 1. The molecule has 1 heterocycles. The Morgan fingerprint density at radius 2 is 1.21 bits per heavy atom. The van der Waals surface area contributed by atoms with Crippen LogP contribution in [0, 0.1) is 0 Å². The summed E-state index contributed by atoms with van der Waals surface area (Å²) in [6, 6.07) is 29.4. The molecule has 3 aromatic rings. The van der Waals surface area contributed by atoms with Crippen molar-refractivity contribution in [2.75, 3.05) is 52.5 Å². The van der Waals surface area contributed by atoms with Gasteiger partial charge in [-0.25, -0.2) is 0 Å². The molecule has 0 N–H and O–H groups in total. The smallest absolute Gasteiger partial charge is 0.119 e. The van der Waals surface area contributed by atoms with Crippen molar-refractivity contribution in [1.29, 1.82) is 0 Å².